The molecule has 1 aromatic carbocycles. The van der Waals surface area contributed by atoms with Crippen LogP contribution in [0.5, 0.6) is 0 Å². The van der Waals surface area contributed by atoms with E-state index >= 15 is 0 Å². The minimum atomic E-state index is -1.39. The number of nitrogens with one attached hydrogen (secondary N) is 2. The summed E-state index contributed by atoms with van der Waals surface area (Å²) in [7, 11) is 0. The van der Waals surface area contributed by atoms with Crippen LogP contribution >= 0.6 is 0 Å². The fourth-order valence-electron chi connectivity index (χ4n) is 1.33. The number of nitrogens with two attached hydrogens (primary N) is 1. The molecule has 0 aromatic heterocycles. The molecule has 0 fully saturated rings. The first-order chi connectivity index (χ1) is 9.43. The molecule has 2 amide bonds. The summed E-state index contributed by atoms with van der Waals surface area (Å²) in [5, 5.41) is 21.7. The summed E-state index contributed by atoms with van der Waals surface area (Å²) in [6.45, 7) is -1.13. The average Bonchev–Trinajstić information content (AvgIpc) is 2.42. The Labute approximate surface area is 114 Å². The van der Waals surface area contributed by atoms with Gasteiger partial charge in [-0.05, 0) is 24.3 Å². The van der Waals surface area contributed by atoms with Crippen molar-refractivity contribution in [2.75, 3.05) is 18.9 Å². The van der Waals surface area contributed by atoms with E-state index in [1.165, 1.54) is 12.1 Å². The van der Waals surface area contributed by atoms with E-state index in [2.05, 4.69) is 10.6 Å². The number of aliphatic hydroxyl groups is 1. The summed E-state index contributed by atoms with van der Waals surface area (Å²) in [5.41, 5.74) is 6.30. The smallest absolute Gasteiger partial charge is 0.328 e. The second-order valence-corrected chi connectivity index (χ2v) is 3.95. The minimum absolute atomic E-state index is 0.323. The third-order valence-electron chi connectivity index (χ3n) is 2.40. The van der Waals surface area contributed by atoms with Crippen molar-refractivity contribution in [1.29, 1.82) is 0 Å². The monoisotopic (exact) mass is 281 g/mol. The molecular weight excluding hydrogens is 266 g/mol. The van der Waals surface area contributed by atoms with Crippen molar-refractivity contribution in [3.63, 3.8) is 0 Å². The predicted molar refractivity (Wildman–Crippen MR) is 69.8 cm³/mol. The third kappa shape index (κ3) is 4.58. The molecule has 6 N–H and O–H groups in total. The van der Waals surface area contributed by atoms with Crippen molar-refractivity contribution in [2.24, 2.45) is 0 Å². The van der Waals surface area contributed by atoms with E-state index in [1.54, 1.807) is 12.1 Å². The quantitative estimate of drug-likeness (QED) is 0.404. The van der Waals surface area contributed by atoms with Gasteiger partial charge in [-0.3, -0.25) is 9.59 Å². The number of hydrogen-bond donors (Lipinski definition) is 5. The van der Waals surface area contributed by atoms with Gasteiger partial charge in [-0.15, -0.1) is 0 Å². The molecular formula is C12H15N3O5. The van der Waals surface area contributed by atoms with E-state index in [9.17, 15) is 14.4 Å². The first kappa shape index (κ1) is 15.4. The fourth-order valence-corrected chi connectivity index (χ4v) is 1.33. The van der Waals surface area contributed by atoms with E-state index in [0.717, 1.165) is 0 Å². The summed E-state index contributed by atoms with van der Waals surface area (Å²) in [5.74, 6) is -2.56. The molecule has 0 aliphatic carbocycles. The Kier molecular flexibility index (Phi) is 5.48. The fraction of sp³-hybridized carbons (Fsp3) is 0.250. The van der Waals surface area contributed by atoms with Gasteiger partial charge in [-0.2, -0.15) is 0 Å². The number of nitrogen functional groups attached to an aromatic ring is 1. The molecule has 1 aromatic rings. The van der Waals surface area contributed by atoms with Crippen molar-refractivity contribution in [3.05, 3.63) is 29.8 Å². The maximum absolute atomic E-state index is 11.7. The highest BCUT2D eigenvalue weighted by molar-refractivity contribution is 5.97. The van der Waals surface area contributed by atoms with Crippen LogP contribution in [0.1, 0.15) is 10.4 Å². The van der Waals surface area contributed by atoms with Crippen LogP contribution in [0.25, 0.3) is 0 Å². The van der Waals surface area contributed by atoms with Gasteiger partial charge in [-0.25, -0.2) is 4.79 Å². The number of rotatable bonds is 6. The number of carboxylic acid groups (broad SMARTS) is 1. The standard InChI is InChI=1S/C12H15N3O5/c13-8-3-1-7(2-4-8)11(18)14-5-10(17)15-9(6-16)12(19)20/h1-4,9,16H,5-6,13H2,(H,14,18)(H,15,17)(H,19,20)/t9-/m1/s1. The van der Waals surface area contributed by atoms with Gasteiger partial charge < -0.3 is 26.6 Å². The molecule has 8 nitrogen and oxygen atoms in total. The van der Waals surface area contributed by atoms with Crippen molar-refractivity contribution in [2.45, 2.75) is 6.04 Å². The van der Waals surface area contributed by atoms with Crippen LogP contribution in [-0.4, -0.2) is 47.2 Å². The maximum atomic E-state index is 11.7. The lowest BCUT2D eigenvalue weighted by Gasteiger charge is -2.12. The molecule has 0 heterocycles. The van der Waals surface area contributed by atoms with Gasteiger partial charge in [0.1, 0.15) is 6.04 Å². The number of benzene rings is 1. The number of aliphatic hydroxyl groups excluding tert-OH is 1. The average molecular weight is 281 g/mol. The predicted octanol–water partition coefficient (Wildman–Crippen LogP) is -1.44. The Morgan fingerprint density at radius 1 is 1.20 bits per heavy atom. The first-order valence-electron chi connectivity index (χ1n) is 5.70. The van der Waals surface area contributed by atoms with Crippen LogP contribution in [0.3, 0.4) is 0 Å². The minimum Gasteiger partial charge on any atom is -0.480 e. The van der Waals surface area contributed by atoms with Crippen LogP contribution in [0.15, 0.2) is 24.3 Å². The number of amides is 2. The van der Waals surface area contributed by atoms with E-state index in [-0.39, 0.29) is 0 Å². The van der Waals surface area contributed by atoms with Crippen LogP contribution in [-0.2, 0) is 9.59 Å². The molecule has 1 rings (SSSR count). The molecule has 108 valence electrons. The van der Waals surface area contributed by atoms with E-state index in [1.807, 2.05) is 0 Å². The van der Waals surface area contributed by atoms with Gasteiger partial charge in [0.15, 0.2) is 0 Å². The molecule has 0 bridgehead atoms. The van der Waals surface area contributed by atoms with Gasteiger partial charge in [0.2, 0.25) is 5.91 Å². The Balaban J connectivity index is 2.46. The molecule has 20 heavy (non-hydrogen) atoms. The van der Waals surface area contributed by atoms with Crippen molar-refractivity contribution in [1.82, 2.24) is 10.6 Å². The SMILES string of the molecule is Nc1ccc(C(=O)NCC(=O)N[C@H](CO)C(=O)O)cc1. The van der Waals surface area contributed by atoms with Crippen molar-refractivity contribution in [3.8, 4) is 0 Å². The van der Waals surface area contributed by atoms with E-state index in [0.29, 0.717) is 11.3 Å². The normalized spacial score (nSPS) is 11.4. The largest absolute Gasteiger partial charge is 0.480 e. The molecule has 8 heteroatoms. The number of hydrogen-bond acceptors (Lipinski definition) is 5. The van der Waals surface area contributed by atoms with Gasteiger partial charge in [0, 0.05) is 11.3 Å². The summed E-state index contributed by atoms with van der Waals surface area (Å²) >= 11 is 0. The third-order valence-corrected chi connectivity index (χ3v) is 2.40. The van der Waals surface area contributed by atoms with Crippen LogP contribution < -0.4 is 16.4 Å². The Bertz CT molecular complexity index is 500. The molecule has 0 unspecified atom stereocenters. The van der Waals surface area contributed by atoms with Crippen LogP contribution in [0.2, 0.25) is 0 Å². The number of carboxylic acids is 1. The van der Waals surface area contributed by atoms with Gasteiger partial charge >= 0.3 is 5.97 Å². The lowest BCUT2D eigenvalue weighted by molar-refractivity contribution is -0.142. The van der Waals surface area contributed by atoms with Crippen molar-refractivity contribution < 1.29 is 24.6 Å². The molecule has 0 aliphatic rings. The van der Waals surface area contributed by atoms with Gasteiger partial charge in [0.25, 0.3) is 5.91 Å². The van der Waals surface area contributed by atoms with Gasteiger partial charge in [0.05, 0.1) is 13.2 Å². The second-order valence-electron chi connectivity index (χ2n) is 3.95. The molecule has 0 radical (unpaired) electrons. The molecule has 0 saturated heterocycles. The van der Waals surface area contributed by atoms with Crippen LogP contribution in [0, 0.1) is 0 Å². The number of anilines is 1. The zero-order valence-corrected chi connectivity index (χ0v) is 10.5. The molecule has 0 saturated carbocycles. The highest BCUT2D eigenvalue weighted by atomic mass is 16.4. The highest BCUT2D eigenvalue weighted by Crippen LogP contribution is 2.04. The summed E-state index contributed by atoms with van der Waals surface area (Å²) in [6, 6.07) is 4.69. The lowest BCUT2D eigenvalue weighted by atomic mass is 10.2. The lowest BCUT2D eigenvalue weighted by Crippen LogP contribution is -2.47. The summed E-state index contributed by atoms with van der Waals surface area (Å²) < 4.78 is 0. The van der Waals surface area contributed by atoms with Crippen molar-refractivity contribution >= 4 is 23.5 Å². The zero-order valence-electron chi connectivity index (χ0n) is 10.5. The van der Waals surface area contributed by atoms with Gasteiger partial charge in [-0.1, -0.05) is 0 Å². The number of carbonyl (C=O) groups is 3. The Hall–Kier alpha value is -2.61. The maximum Gasteiger partial charge on any atom is 0.328 e. The zero-order chi connectivity index (χ0) is 15.1. The molecule has 1 atom stereocenters. The highest BCUT2D eigenvalue weighted by Gasteiger charge is 2.18. The number of carbonyl (C=O) groups excluding carboxylic acids is 2. The molecule has 0 aliphatic heterocycles. The first-order valence-corrected chi connectivity index (χ1v) is 5.70. The van der Waals surface area contributed by atoms with E-state index < -0.39 is 37.0 Å². The van der Waals surface area contributed by atoms with E-state index in [4.69, 9.17) is 15.9 Å². The second kappa shape index (κ2) is 7.10. The Morgan fingerprint density at radius 2 is 1.80 bits per heavy atom. The summed E-state index contributed by atoms with van der Waals surface area (Å²) in [4.78, 5) is 33.6. The molecule has 0 spiro atoms. The topological polar surface area (TPSA) is 142 Å². The Morgan fingerprint density at radius 3 is 2.30 bits per heavy atom. The summed E-state index contributed by atoms with van der Waals surface area (Å²) in [6.07, 6.45) is 0. The van der Waals surface area contributed by atoms with Crippen LogP contribution in [0.4, 0.5) is 5.69 Å². The number of aliphatic carboxylic acids is 1.